The number of hydrogen-bond donors (Lipinski definition) is 12. The second-order valence-electron chi connectivity index (χ2n) is 26.5. The van der Waals surface area contributed by atoms with E-state index in [2.05, 4.69) is 65.3 Å². The van der Waals surface area contributed by atoms with Crippen LogP contribution >= 0.6 is 11.8 Å². The lowest BCUT2D eigenvalue weighted by molar-refractivity contribution is -0.245. The molecule has 0 saturated carbocycles. The first-order valence-corrected chi connectivity index (χ1v) is 36.4. The largest absolute Gasteiger partial charge is 0.480 e. The summed E-state index contributed by atoms with van der Waals surface area (Å²) in [5.74, 6) is -3.40. The van der Waals surface area contributed by atoms with Crippen LogP contribution in [0.3, 0.4) is 0 Å². The van der Waals surface area contributed by atoms with Crippen molar-refractivity contribution in [3.8, 4) is 0 Å². The Hall–Kier alpha value is -5.80. The minimum absolute atomic E-state index is 0.0488. The van der Waals surface area contributed by atoms with Crippen LogP contribution in [0.15, 0.2) is 48.5 Å². The summed E-state index contributed by atoms with van der Waals surface area (Å²) >= 11 is 1.91. The van der Waals surface area contributed by atoms with Crippen LogP contribution in [-0.4, -0.2) is 352 Å². The Labute approximate surface area is 590 Å². The highest BCUT2D eigenvalue weighted by molar-refractivity contribution is 8.00. The maximum Gasteiger partial charge on any atom is 0.317 e. The Morgan fingerprint density at radius 3 is 1.19 bits per heavy atom. The van der Waals surface area contributed by atoms with Crippen LogP contribution in [0.2, 0.25) is 0 Å². The minimum atomic E-state index is -1.02. The fourth-order valence-electron chi connectivity index (χ4n) is 13.6. The van der Waals surface area contributed by atoms with Gasteiger partial charge in [0.25, 0.3) is 0 Å². The van der Waals surface area contributed by atoms with E-state index in [-0.39, 0.29) is 95.6 Å². The summed E-state index contributed by atoms with van der Waals surface area (Å²) in [4.78, 5) is 123. The SMILES string of the molecule is O=C(O)CN1CCN(CCOO)CCN(CCOO)CCN(CC(=O)O)C(Cc2ccc(NC(=O)CCCCCN(CCCCCC(=O)Nc3ccc(CC4CN(CC(=O)O)CCN(CCOO)CCN(CCOO)CCN4CC(=O)O)cc3)CCCCC3SCC4NC(=O)NC43)cc2)C1. The number of thioether (sulfide) groups is 1. The van der Waals surface area contributed by atoms with Gasteiger partial charge >= 0.3 is 29.9 Å². The number of benzene rings is 2. The highest BCUT2D eigenvalue weighted by Gasteiger charge is 2.42. The van der Waals surface area contributed by atoms with Crippen molar-refractivity contribution < 1.29 is 94.6 Å². The number of amides is 4. The zero-order valence-electron chi connectivity index (χ0n) is 57.9. The monoisotopic (exact) mass is 1430 g/mol. The highest BCUT2D eigenvalue weighted by Crippen LogP contribution is 2.33. The Morgan fingerprint density at radius 1 is 0.460 bits per heavy atom. The molecule has 0 aromatic heterocycles. The predicted octanol–water partition coefficient (Wildman–Crippen LogP) is 2.58. The molecule has 0 bridgehead atoms. The molecule has 5 unspecified atom stereocenters. The number of fused-ring (bicyclic) bond motifs is 1. The molecule has 4 aliphatic heterocycles. The first kappa shape index (κ1) is 83.1. The first-order valence-electron chi connectivity index (χ1n) is 35.3. The Bertz CT molecular complexity index is 2570. The van der Waals surface area contributed by atoms with Gasteiger partial charge in [-0.3, -0.25) is 89.0 Å². The van der Waals surface area contributed by atoms with Gasteiger partial charge in [0.05, 0.1) is 64.7 Å². The number of carbonyl (C=O) groups excluding carboxylic acids is 3. The lowest BCUT2D eigenvalue weighted by Crippen LogP contribution is -2.53. The summed E-state index contributed by atoms with van der Waals surface area (Å²) in [6, 6.07) is 14.3. The Balaban J connectivity index is 0.987. The van der Waals surface area contributed by atoms with E-state index in [0.717, 1.165) is 81.5 Å². The molecule has 0 aliphatic carbocycles. The molecule has 100 heavy (non-hydrogen) atoms. The second-order valence-corrected chi connectivity index (χ2v) is 27.7. The average Bonchev–Trinajstić information content (AvgIpc) is 1.66. The lowest BCUT2D eigenvalue weighted by Gasteiger charge is -2.38. The molecule has 5 atom stereocenters. The number of anilines is 2. The van der Waals surface area contributed by atoms with Gasteiger partial charge in [0.2, 0.25) is 11.8 Å². The molecule has 4 fully saturated rings. The number of urea groups is 1. The van der Waals surface area contributed by atoms with E-state index < -0.39 is 36.0 Å². The molecule has 12 N–H and O–H groups in total. The average molecular weight is 1430 g/mol. The van der Waals surface area contributed by atoms with Gasteiger partial charge in [-0.15, -0.1) is 0 Å². The maximum atomic E-state index is 13.3. The number of carboxylic acids is 4. The Morgan fingerprint density at radius 2 is 0.820 bits per heavy atom. The first-order chi connectivity index (χ1) is 48.4. The lowest BCUT2D eigenvalue weighted by atomic mass is 10.0. The van der Waals surface area contributed by atoms with Crippen LogP contribution in [0, 0.1) is 0 Å². The van der Waals surface area contributed by atoms with Gasteiger partial charge in [0.1, 0.15) is 0 Å². The third-order valence-corrected chi connectivity index (χ3v) is 20.5. The number of aliphatic carboxylic acids is 4. The fraction of sp³-hybridized carbons (Fsp3) is 0.716. The van der Waals surface area contributed by atoms with Gasteiger partial charge in [-0.2, -0.15) is 11.8 Å². The van der Waals surface area contributed by atoms with Crippen molar-refractivity contribution >= 4 is 64.9 Å². The van der Waals surface area contributed by atoms with Crippen molar-refractivity contribution in [3.05, 3.63) is 59.7 Å². The number of rotatable bonds is 43. The molecule has 4 amide bonds. The minimum Gasteiger partial charge on any atom is -0.480 e. The molecule has 0 spiro atoms. The molecule has 2 aromatic rings. The van der Waals surface area contributed by atoms with E-state index in [0.29, 0.717) is 160 Å². The van der Waals surface area contributed by atoms with Gasteiger partial charge in [0, 0.05) is 165 Å². The summed E-state index contributed by atoms with van der Waals surface area (Å²) in [6.07, 6.45) is 9.33. The van der Waals surface area contributed by atoms with Crippen LogP contribution in [0.4, 0.5) is 16.2 Å². The van der Waals surface area contributed by atoms with E-state index in [1.807, 2.05) is 70.1 Å². The molecule has 4 heterocycles. The molecule has 564 valence electrons. The van der Waals surface area contributed by atoms with Gasteiger partial charge < -0.3 is 46.6 Å². The number of nitrogens with zero attached hydrogens (tertiary/aromatic N) is 9. The van der Waals surface area contributed by atoms with Gasteiger partial charge in [-0.05, 0) is 106 Å². The summed E-state index contributed by atoms with van der Waals surface area (Å²) in [5.41, 5.74) is 2.98. The number of unbranched alkanes of at least 4 members (excludes halogenated alkanes) is 5. The standard InChI is InChI=1S/C67H111N13O19S/c81-60(68-54-16-12-52(13-17-54)43-56-45-77(47-62(83)84)29-27-73(35-39-96-92)23-25-75(37-41-98-94)31-33-79(56)49-64(87)88)10-3-1-6-20-72(22-8-5-9-59-66-58(51-100-59)70-67(91)71-66)21-7-2-4-11-61(82)69-55-18-14-53(15-19-55)44-57-46-78(48-63(85)86)30-28-74(36-40-97-93)24-26-76(38-42-99-95)32-34-80(57)50-65(89)90/h12-19,56-59,66,92-95H,1-11,20-51H2,(H,68,81)(H,69,82)(H,83,84)(H,85,86)(H,87,88)(H,89,90)(H2,70,71,91). The van der Waals surface area contributed by atoms with Gasteiger partial charge in [-0.1, -0.05) is 43.5 Å². The van der Waals surface area contributed by atoms with Crippen LogP contribution in [0.1, 0.15) is 81.8 Å². The van der Waals surface area contributed by atoms with E-state index in [9.17, 15) is 54.0 Å². The summed E-state index contributed by atoms with van der Waals surface area (Å²) in [7, 11) is 0. The van der Waals surface area contributed by atoms with Crippen LogP contribution in [-0.2, 0) is 61.2 Å². The number of carboxylic acid groups (broad SMARTS) is 4. The zero-order valence-corrected chi connectivity index (χ0v) is 58.7. The number of nitrogens with one attached hydrogen (secondary N) is 4. The van der Waals surface area contributed by atoms with Crippen molar-refractivity contribution in [1.29, 1.82) is 0 Å². The topological polar surface area (TPSA) is 396 Å². The molecule has 2 aromatic carbocycles. The van der Waals surface area contributed by atoms with E-state index in [4.69, 9.17) is 21.0 Å². The third kappa shape index (κ3) is 33.1. The van der Waals surface area contributed by atoms with Crippen molar-refractivity contribution in [3.63, 3.8) is 0 Å². The molecule has 33 heteroatoms. The summed E-state index contributed by atoms with van der Waals surface area (Å²) in [5, 5.41) is 88.9. The molecular formula is C67H111N13O19S. The summed E-state index contributed by atoms with van der Waals surface area (Å²) < 4.78 is 0. The fourth-order valence-corrected chi connectivity index (χ4v) is 15.1. The molecule has 0 radical (unpaired) electrons. The normalized spacial score (nSPS) is 21.3. The van der Waals surface area contributed by atoms with Gasteiger partial charge in [-0.25, -0.2) is 24.3 Å². The third-order valence-electron chi connectivity index (χ3n) is 19.0. The Kier molecular flexibility index (Phi) is 39.5. The molecule has 6 rings (SSSR count). The zero-order chi connectivity index (χ0) is 71.9. The summed E-state index contributed by atoms with van der Waals surface area (Å²) in [6.45, 7) is 9.25. The quantitative estimate of drug-likeness (QED) is 0.0196. The molecule has 4 aliphatic rings. The molecular weight excluding hydrogens is 1320 g/mol. The number of hydrogen-bond acceptors (Lipinski definition) is 25. The van der Waals surface area contributed by atoms with E-state index in [1.165, 1.54) is 0 Å². The van der Waals surface area contributed by atoms with Crippen molar-refractivity contribution in [1.82, 2.24) is 54.7 Å². The molecule has 32 nitrogen and oxygen atoms in total. The predicted molar refractivity (Wildman–Crippen MR) is 374 cm³/mol. The van der Waals surface area contributed by atoms with Crippen molar-refractivity contribution in [2.75, 3.05) is 206 Å². The van der Waals surface area contributed by atoms with Crippen molar-refractivity contribution in [2.24, 2.45) is 0 Å². The maximum absolute atomic E-state index is 13.3. The smallest absolute Gasteiger partial charge is 0.317 e. The van der Waals surface area contributed by atoms with Crippen molar-refractivity contribution in [2.45, 2.75) is 113 Å². The molecule has 4 saturated heterocycles. The van der Waals surface area contributed by atoms with E-state index in [1.54, 1.807) is 9.80 Å². The van der Waals surface area contributed by atoms with Crippen LogP contribution in [0.25, 0.3) is 0 Å². The second kappa shape index (κ2) is 47.5. The van der Waals surface area contributed by atoms with Crippen LogP contribution < -0.4 is 21.3 Å². The van der Waals surface area contributed by atoms with E-state index >= 15 is 0 Å². The highest BCUT2D eigenvalue weighted by atomic mass is 32.2. The van der Waals surface area contributed by atoms with Crippen LogP contribution in [0.5, 0.6) is 0 Å². The number of carbonyl (C=O) groups is 7. The van der Waals surface area contributed by atoms with Gasteiger partial charge in [0.15, 0.2) is 0 Å².